The Balaban J connectivity index is 1.61. The number of fused-ring (bicyclic) bond motifs is 1. The quantitative estimate of drug-likeness (QED) is 0.160. The molecule has 4 aromatic carbocycles. The fourth-order valence-corrected chi connectivity index (χ4v) is 6.21. The van der Waals surface area contributed by atoms with E-state index in [0.717, 1.165) is 22.4 Å². The number of hydrogen-bond acceptors (Lipinski definition) is 3. The van der Waals surface area contributed by atoms with Crippen LogP contribution >= 0.6 is 0 Å². The zero-order chi connectivity index (χ0) is 33.9. The van der Waals surface area contributed by atoms with Crippen molar-refractivity contribution in [3.05, 3.63) is 130 Å². The van der Waals surface area contributed by atoms with Gasteiger partial charge in [0.15, 0.2) is 0 Å². The smallest absolute Gasteiger partial charge is 0.385 e. The maximum atomic E-state index is 13.7. The number of carbonyl (C=O) groups is 1. The maximum absolute atomic E-state index is 13.7. The molecule has 0 saturated carbocycles. The predicted molar refractivity (Wildman–Crippen MR) is 171 cm³/mol. The Bertz CT molecular complexity index is 1660. The molecule has 0 radical (unpaired) electrons. The lowest BCUT2D eigenvalue weighted by molar-refractivity contribution is -0.143. The SMILES string of the molecule is CC(=O)N(Cc1cc(C(F)(F)F)cc(C(F)(F)F)c1)C1c2ccc(N=C(c3ccccc3)c3ccccc3)cc2NCCC1C(C)C. The summed E-state index contributed by atoms with van der Waals surface area (Å²) < 4.78 is 82.1. The van der Waals surface area contributed by atoms with Crippen molar-refractivity contribution in [1.29, 1.82) is 0 Å². The number of nitrogens with one attached hydrogen (secondary N) is 1. The zero-order valence-corrected chi connectivity index (χ0v) is 26.2. The minimum Gasteiger partial charge on any atom is -0.385 e. The van der Waals surface area contributed by atoms with Crippen LogP contribution in [0.15, 0.2) is 102 Å². The van der Waals surface area contributed by atoms with Gasteiger partial charge < -0.3 is 10.2 Å². The first-order valence-electron chi connectivity index (χ1n) is 15.4. The van der Waals surface area contributed by atoms with E-state index >= 15 is 0 Å². The minimum absolute atomic E-state index is 0.0438. The van der Waals surface area contributed by atoms with E-state index < -0.39 is 42.0 Å². The predicted octanol–water partition coefficient (Wildman–Crippen LogP) is 10.1. The highest BCUT2D eigenvalue weighted by Crippen LogP contribution is 2.44. The van der Waals surface area contributed by atoms with Crippen molar-refractivity contribution < 1.29 is 31.1 Å². The Kier molecular flexibility index (Phi) is 9.79. The number of rotatable bonds is 7. The molecule has 246 valence electrons. The van der Waals surface area contributed by atoms with E-state index in [0.29, 0.717) is 36.5 Å². The molecule has 4 nitrogen and oxygen atoms in total. The second-order valence-electron chi connectivity index (χ2n) is 12.1. The molecule has 1 aliphatic heterocycles. The van der Waals surface area contributed by atoms with E-state index in [1.54, 1.807) is 0 Å². The average molecular weight is 652 g/mol. The van der Waals surface area contributed by atoms with Crippen molar-refractivity contribution in [2.45, 2.75) is 52.1 Å². The van der Waals surface area contributed by atoms with E-state index in [-0.39, 0.29) is 23.5 Å². The lowest BCUT2D eigenvalue weighted by Crippen LogP contribution is -2.38. The Hall–Kier alpha value is -4.60. The van der Waals surface area contributed by atoms with Crippen LogP contribution in [0.3, 0.4) is 0 Å². The van der Waals surface area contributed by atoms with Crippen molar-refractivity contribution in [2.75, 3.05) is 11.9 Å². The van der Waals surface area contributed by atoms with Crippen molar-refractivity contribution in [3.63, 3.8) is 0 Å². The van der Waals surface area contributed by atoms with Gasteiger partial charge in [-0.15, -0.1) is 0 Å². The van der Waals surface area contributed by atoms with Crippen LogP contribution in [-0.2, 0) is 23.7 Å². The normalized spacial score (nSPS) is 16.6. The number of hydrogen-bond donors (Lipinski definition) is 1. The molecule has 0 aliphatic carbocycles. The van der Waals surface area contributed by atoms with Gasteiger partial charge in [-0.2, -0.15) is 26.3 Å². The summed E-state index contributed by atoms with van der Waals surface area (Å²) in [7, 11) is 0. The molecule has 0 saturated heterocycles. The standard InChI is InChI=1S/C37H35F6N3O/c1-23(2)31-16-17-44-33-21-30(45-34(26-10-6-4-7-11-26)27-12-8-5-9-13-27)14-15-32(33)35(31)46(24(3)47)22-25-18-28(36(38,39)40)20-29(19-25)37(41,42)43/h4-15,18-21,23,31,35,44H,16-17,22H2,1-3H3. The molecule has 1 heterocycles. The van der Waals surface area contributed by atoms with Gasteiger partial charge in [0, 0.05) is 36.8 Å². The molecule has 2 atom stereocenters. The van der Waals surface area contributed by atoms with Gasteiger partial charge in [0.1, 0.15) is 0 Å². The summed E-state index contributed by atoms with van der Waals surface area (Å²) in [5.41, 5.74) is 1.58. The first-order valence-corrected chi connectivity index (χ1v) is 15.4. The number of anilines is 1. The third-order valence-electron chi connectivity index (χ3n) is 8.49. The lowest BCUT2D eigenvalue weighted by Gasteiger charge is -2.38. The van der Waals surface area contributed by atoms with Crippen LogP contribution in [0.5, 0.6) is 0 Å². The van der Waals surface area contributed by atoms with E-state index in [1.807, 2.05) is 92.7 Å². The molecule has 47 heavy (non-hydrogen) atoms. The number of carbonyl (C=O) groups excluding carboxylic acids is 1. The van der Waals surface area contributed by atoms with E-state index in [1.165, 1.54) is 11.8 Å². The highest BCUT2D eigenvalue weighted by atomic mass is 19.4. The van der Waals surface area contributed by atoms with Gasteiger partial charge in [-0.25, -0.2) is 4.99 Å². The van der Waals surface area contributed by atoms with Gasteiger partial charge in [0.05, 0.1) is 28.6 Å². The lowest BCUT2D eigenvalue weighted by atomic mass is 9.81. The second kappa shape index (κ2) is 13.6. The fourth-order valence-electron chi connectivity index (χ4n) is 6.21. The van der Waals surface area contributed by atoms with Gasteiger partial charge in [-0.05, 0) is 59.7 Å². The van der Waals surface area contributed by atoms with Crippen molar-refractivity contribution in [3.8, 4) is 0 Å². The zero-order valence-electron chi connectivity index (χ0n) is 26.2. The topological polar surface area (TPSA) is 44.7 Å². The summed E-state index contributed by atoms with van der Waals surface area (Å²) in [5, 5.41) is 3.44. The number of alkyl halides is 6. The van der Waals surface area contributed by atoms with Crippen LogP contribution < -0.4 is 5.32 Å². The van der Waals surface area contributed by atoms with Gasteiger partial charge >= 0.3 is 12.4 Å². The van der Waals surface area contributed by atoms with Gasteiger partial charge in [-0.1, -0.05) is 80.6 Å². The number of nitrogens with zero attached hydrogens (tertiary/aromatic N) is 2. The molecule has 0 fully saturated rings. The first-order chi connectivity index (χ1) is 22.2. The second-order valence-corrected chi connectivity index (χ2v) is 12.1. The highest BCUT2D eigenvalue weighted by molar-refractivity contribution is 6.14. The van der Waals surface area contributed by atoms with Crippen LogP contribution in [0.4, 0.5) is 37.7 Å². The molecule has 0 spiro atoms. The Morgan fingerprint density at radius 1 is 0.830 bits per heavy atom. The molecular weight excluding hydrogens is 616 g/mol. The van der Waals surface area contributed by atoms with Crippen LogP contribution in [0.2, 0.25) is 0 Å². The van der Waals surface area contributed by atoms with Crippen LogP contribution in [0, 0.1) is 11.8 Å². The largest absolute Gasteiger partial charge is 0.416 e. The molecule has 1 amide bonds. The summed E-state index contributed by atoms with van der Waals surface area (Å²) in [5.74, 6) is -0.557. The number of halogens is 6. The van der Waals surface area contributed by atoms with Gasteiger partial charge in [0.25, 0.3) is 0 Å². The third kappa shape index (κ3) is 7.86. The van der Waals surface area contributed by atoms with E-state index in [4.69, 9.17) is 4.99 Å². The van der Waals surface area contributed by atoms with Gasteiger partial charge in [-0.3, -0.25) is 4.79 Å². The molecule has 1 aliphatic rings. The highest BCUT2D eigenvalue weighted by Gasteiger charge is 2.39. The molecular formula is C37H35F6N3O. The van der Waals surface area contributed by atoms with Gasteiger partial charge in [0.2, 0.25) is 5.91 Å². The third-order valence-corrected chi connectivity index (χ3v) is 8.49. The molecule has 5 rings (SSSR count). The average Bonchev–Trinajstić information content (AvgIpc) is 3.21. The summed E-state index contributed by atoms with van der Waals surface area (Å²) >= 11 is 0. The molecule has 0 bridgehead atoms. The van der Waals surface area contributed by atoms with Crippen molar-refractivity contribution in [1.82, 2.24) is 4.90 Å². The van der Waals surface area contributed by atoms with E-state index in [2.05, 4.69) is 5.32 Å². The maximum Gasteiger partial charge on any atom is 0.416 e. The van der Waals surface area contributed by atoms with Crippen LogP contribution in [0.1, 0.15) is 66.6 Å². The van der Waals surface area contributed by atoms with Crippen LogP contribution in [0.25, 0.3) is 0 Å². The molecule has 0 aromatic heterocycles. The molecule has 1 N–H and O–H groups in total. The fraction of sp³-hybridized carbons (Fsp3) is 0.297. The Morgan fingerprint density at radius 3 is 1.87 bits per heavy atom. The molecule has 10 heteroatoms. The number of benzene rings is 4. The van der Waals surface area contributed by atoms with Crippen molar-refractivity contribution >= 4 is 23.0 Å². The van der Waals surface area contributed by atoms with Crippen molar-refractivity contribution in [2.24, 2.45) is 16.8 Å². The molecule has 4 aromatic rings. The summed E-state index contributed by atoms with van der Waals surface area (Å²) in [4.78, 5) is 19.7. The van der Waals surface area contributed by atoms with Crippen LogP contribution in [-0.4, -0.2) is 23.1 Å². The summed E-state index contributed by atoms with van der Waals surface area (Å²) in [6.45, 7) is 5.41. The Labute approximate surface area is 270 Å². The summed E-state index contributed by atoms with van der Waals surface area (Å²) in [6.07, 6.45) is -9.37. The first kappa shape index (κ1) is 33.8. The van der Waals surface area contributed by atoms with E-state index in [9.17, 15) is 31.1 Å². The number of amides is 1. The number of aliphatic imine (C=N–C) groups is 1. The minimum atomic E-state index is -4.99. The monoisotopic (exact) mass is 651 g/mol. The molecule has 2 unspecified atom stereocenters. The summed E-state index contributed by atoms with van der Waals surface area (Å²) in [6, 6.07) is 25.9. The Morgan fingerprint density at radius 2 is 1.38 bits per heavy atom.